The molecule has 0 fully saturated rings. The molecule has 0 unspecified atom stereocenters. The van der Waals surface area contributed by atoms with Gasteiger partial charge in [-0.3, -0.25) is 10.0 Å². The zero-order chi connectivity index (χ0) is 20.1. The number of benzene rings is 1. The van der Waals surface area contributed by atoms with Crippen LogP contribution in [0.5, 0.6) is 0 Å². The number of carbonyl (C=O) groups excluding carboxylic acids is 1. The van der Waals surface area contributed by atoms with Gasteiger partial charge in [0.15, 0.2) is 0 Å². The Balaban J connectivity index is 1.74. The highest BCUT2D eigenvalue weighted by Gasteiger charge is 2.12. The molecule has 0 bridgehead atoms. The number of hydroxylamine groups is 1. The summed E-state index contributed by atoms with van der Waals surface area (Å²) in [6, 6.07) is 11.4. The lowest BCUT2D eigenvalue weighted by atomic mass is 9.86. The van der Waals surface area contributed by atoms with Crippen LogP contribution in [-0.2, 0) is 6.54 Å². The van der Waals surface area contributed by atoms with Gasteiger partial charge in [-0.25, -0.2) is 10.5 Å². The van der Waals surface area contributed by atoms with Crippen molar-refractivity contribution in [2.75, 3.05) is 0 Å². The first-order valence-electron chi connectivity index (χ1n) is 9.56. The summed E-state index contributed by atoms with van der Waals surface area (Å²) in [5, 5.41) is 9.80. The van der Waals surface area contributed by atoms with Crippen molar-refractivity contribution in [2.45, 2.75) is 40.2 Å². The molecule has 5 heteroatoms. The van der Waals surface area contributed by atoms with E-state index >= 15 is 0 Å². The van der Waals surface area contributed by atoms with Gasteiger partial charge in [0, 0.05) is 29.9 Å². The normalized spacial score (nSPS) is 12.0. The molecule has 0 atom stereocenters. The number of nitrogens with one attached hydrogen (secondary N) is 1. The van der Waals surface area contributed by atoms with Gasteiger partial charge in [-0.2, -0.15) is 0 Å². The highest BCUT2D eigenvalue weighted by molar-refractivity contribution is 5.93. The van der Waals surface area contributed by atoms with Crippen LogP contribution in [0.2, 0.25) is 0 Å². The maximum absolute atomic E-state index is 11.4. The Morgan fingerprint density at radius 2 is 2.00 bits per heavy atom. The van der Waals surface area contributed by atoms with Gasteiger partial charge in [0.2, 0.25) is 0 Å². The van der Waals surface area contributed by atoms with E-state index in [1.807, 2.05) is 24.5 Å². The summed E-state index contributed by atoms with van der Waals surface area (Å²) < 4.78 is 2.09. The minimum Gasteiger partial charge on any atom is -0.328 e. The minimum absolute atomic E-state index is 0.324. The third-order valence-corrected chi connectivity index (χ3v) is 5.23. The van der Waals surface area contributed by atoms with E-state index in [0.717, 1.165) is 35.0 Å². The molecule has 0 aliphatic heterocycles. The zero-order valence-corrected chi connectivity index (χ0v) is 16.6. The molecule has 0 saturated heterocycles. The summed E-state index contributed by atoms with van der Waals surface area (Å²) in [6.45, 7) is 7.44. The molecule has 0 radical (unpaired) electrons. The summed E-state index contributed by atoms with van der Waals surface area (Å²) in [5.41, 5.74) is 5.48. The lowest BCUT2D eigenvalue weighted by Gasteiger charge is -2.19. The fourth-order valence-electron chi connectivity index (χ4n) is 2.99. The van der Waals surface area contributed by atoms with Crippen LogP contribution in [0.1, 0.15) is 55.1 Å². The summed E-state index contributed by atoms with van der Waals surface area (Å²) in [7, 11) is 0. The van der Waals surface area contributed by atoms with E-state index in [-0.39, 0.29) is 0 Å². The number of allylic oxidation sites excluding steroid dienone is 1. The second-order valence-corrected chi connectivity index (χ2v) is 7.89. The van der Waals surface area contributed by atoms with E-state index in [1.165, 1.54) is 0 Å². The van der Waals surface area contributed by atoms with E-state index in [4.69, 9.17) is 5.21 Å². The summed E-state index contributed by atoms with van der Waals surface area (Å²) >= 11 is 0. The van der Waals surface area contributed by atoms with Crippen LogP contribution < -0.4 is 5.48 Å². The monoisotopic (exact) mass is 377 g/mol. The van der Waals surface area contributed by atoms with Gasteiger partial charge in [0.05, 0.1) is 0 Å². The molecule has 2 heterocycles. The first-order valence-corrected chi connectivity index (χ1v) is 9.56. The van der Waals surface area contributed by atoms with Crippen molar-refractivity contribution < 1.29 is 10.0 Å². The molecule has 3 aromatic rings. The molecule has 0 saturated carbocycles. The van der Waals surface area contributed by atoms with Crippen LogP contribution in [0.4, 0.5) is 0 Å². The molecule has 146 valence electrons. The van der Waals surface area contributed by atoms with Crippen molar-refractivity contribution in [3.63, 3.8) is 0 Å². The van der Waals surface area contributed by atoms with Gasteiger partial charge >= 0.3 is 0 Å². The Kier molecular flexibility index (Phi) is 5.95. The highest BCUT2D eigenvalue weighted by Crippen LogP contribution is 2.25. The van der Waals surface area contributed by atoms with Crippen LogP contribution in [-0.4, -0.2) is 20.7 Å². The van der Waals surface area contributed by atoms with Gasteiger partial charge in [-0.1, -0.05) is 51.5 Å². The predicted molar refractivity (Wildman–Crippen MR) is 112 cm³/mol. The van der Waals surface area contributed by atoms with E-state index in [0.29, 0.717) is 17.5 Å². The van der Waals surface area contributed by atoms with E-state index in [2.05, 4.69) is 54.6 Å². The number of carbonyl (C=O) groups is 1. The first kappa shape index (κ1) is 19.8. The van der Waals surface area contributed by atoms with Crippen molar-refractivity contribution in [2.24, 2.45) is 5.41 Å². The first-order chi connectivity index (χ1) is 13.4. The van der Waals surface area contributed by atoms with Crippen molar-refractivity contribution in [1.29, 1.82) is 0 Å². The maximum Gasteiger partial charge on any atom is 0.274 e. The van der Waals surface area contributed by atoms with Crippen LogP contribution in [0.25, 0.3) is 17.1 Å². The number of rotatable bonds is 7. The van der Waals surface area contributed by atoms with Gasteiger partial charge in [0.1, 0.15) is 5.65 Å². The van der Waals surface area contributed by atoms with Gasteiger partial charge in [-0.05, 0) is 47.2 Å². The minimum atomic E-state index is -0.512. The van der Waals surface area contributed by atoms with Crippen molar-refractivity contribution in [1.82, 2.24) is 15.0 Å². The lowest BCUT2D eigenvalue weighted by molar-refractivity contribution is 0.0706. The molecule has 0 spiro atoms. The molecule has 5 nitrogen and oxygen atoms in total. The molecular formula is C23H27N3O2. The number of pyridine rings is 1. The molecule has 2 aromatic heterocycles. The largest absolute Gasteiger partial charge is 0.328 e. The SMILES string of the molecule is CCC(C)(C)CC=Cc1cnc2c(ccn2Cc2ccc(C(=O)NO)cc2)c1. The van der Waals surface area contributed by atoms with Crippen LogP contribution in [0, 0.1) is 5.41 Å². The summed E-state index contributed by atoms with van der Waals surface area (Å²) in [5.74, 6) is -0.512. The standard InChI is InChI=1S/C23H27N3O2/c1-4-23(2,3)12-5-6-18-14-20-11-13-26(21(20)24-15-18)16-17-7-9-19(10-8-17)22(27)25-28/h5-11,13-15,28H,4,12,16H2,1-3H3,(H,25,27). The van der Waals surface area contributed by atoms with Crippen molar-refractivity contribution >= 4 is 23.0 Å². The Morgan fingerprint density at radius 3 is 2.68 bits per heavy atom. The van der Waals surface area contributed by atoms with Crippen LogP contribution in [0.3, 0.4) is 0 Å². The molecule has 28 heavy (non-hydrogen) atoms. The maximum atomic E-state index is 11.4. The Labute approximate surface area is 165 Å². The zero-order valence-electron chi connectivity index (χ0n) is 16.6. The third kappa shape index (κ3) is 4.67. The van der Waals surface area contributed by atoms with E-state index < -0.39 is 5.91 Å². The number of hydrogen-bond donors (Lipinski definition) is 2. The molecule has 2 N–H and O–H groups in total. The molecule has 1 aromatic carbocycles. The van der Waals surface area contributed by atoms with Crippen molar-refractivity contribution in [3.8, 4) is 0 Å². The van der Waals surface area contributed by atoms with E-state index in [9.17, 15) is 4.79 Å². The lowest BCUT2D eigenvalue weighted by Crippen LogP contribution is -2.18. The fourth-order valence-corrected chi connectivity index (χ4v) is 2.99. The van der Waals surface area contributed by atoms with Gasteiger partial charge in [-0.15, -0.1) is 0 Å². The van der Waals surface area contributed by atoms with Crippen molar-refractivity contribution in [3.05, 3.63) is 71.6 Å². The smallest absolute Gasteiger partial charge is 0.274 e. The quantitative estimate of drug-likeness (QED) is 0.447. The van der Waals surface area contributed by atoms with Gasteiger partial charge < -0.3 is 4.57 Å². The highest BCUT2D eigenvalue weighted by atomic mass is 16.5. The van der Waals surface area contributed by atoms with Crippen LogP contribution >= 0.6 is 0 Å². The molecule has 0 aliphatic rings. The summed E-state index contributed by atoms with van der Waals surface area (Å²) in [4.78, 5) is 16.1. The number of fused-ring (bicyclic) bond motifs is 1. The number of nitrogens with zero attached hydrogens (tertiary/aromatic N) is 2. The van der Waals surface area contributed by atoms with E-state index in [1.54, 1.807) is 17.6 Å². The predicted octanol–water partition coefficient (Wildman–Crippen LogP) is 5.04. The fraction of sp³-hybridized carbons (Fsp3) is 0.304. The molecule has 0 aliphatic carbocycles. The number of amides is 1. The Bertz CT molecular complexity index is 985. The second-order valence-electron chi connectivity index (χ2n) is 7.89. The average molecular weight is 377 g/mol. The number of aromatic nitrogens is 2. The third-order valence-electron chi connectivity index (χ3n) is 5.23. The number of hydrogen-bond acceptors (Lipinski definition) is 3. The average Bonchev–Trinajstić information content (AvgIpc) is 3.10. The molecular weight excluding hydrogens is 350 g/mol. The Morgan fingerprint density at radius 1 is 1.25 bits per heavy atom. The van der Waals surface area contributed by atoms with Gasteiger partial charge in [0.25, 0.3) is 5.91 Å². The molecule has 3 rings (SSSR count). The summed E-state index contributed by atoms with van der Waals surface area (Å²) in [6.07, 6.45) is 10.5. The molecule has 1 amide bonds. The Hall–Kier alpha value is -2.92. The van der Waals surface area contributed by atoms with Crippen LogP contribution in [0.15, 0.2) is 54.9 Å². The second kappa shape index (κ2) is 8.40. The topological polar surface area (TPSA) is 67.2 Å².